The number of fused-ring (bicyclic) bond motifs is 11. The average molecular weight is 867 g/mol. The van der Waals surface area contributed by atoms with Crippen LogP contribution in [0.15, 0.2) is 185 Å². The maximum absolute atomic E-state index is 6.44. The Morgan fingerprint density at radius 3 is 1.72 bits per heavy atom. The third-order valence-electron chi connectivity index (χ3n) is 14.2. The van der Waals surface area contributed by atoms with Crippen molar-refractivity contribution in [3.63, 3.8) is 0 Å². The van der Waals surface area contributed by atoms with E-state index < -0.39 is 0 Å². The van der Waals surface area contributed by atoms with Gasteiger partial charge in [0.25, 0.3) is 6.71 Å². The van der Waals surface area contributed by atoms with Crippen LogP contribution in [-0.4, -0.2) is 13.5 Å². The van der Waals surface area contributed by atoms with E-state index in [1.807, 2.05) is 30.3 Å². The largest absolute Gasteiger partial charge is 0.456 e. The molecule has 0 spiro atoms. The van der Waals surface area contributed by atoms with E-state index in [4.69, 9.17) is 18.3 Å². The minimum Gasteiger partial charge on any atom is -0.456 e. The summed E-state index contributed by atoms with van der Waals surface area (Å²) in [4.78, 5) is 4.89. The summed E-state index contributed by atoms with van der Waals surface area (Å²) in [5.41, 5.74) is 20.8. The lowest BCUT2D eigenvalue weighted by Crippen LogP contribution is -2.61. The highest BCUT2D eigenvalue weighted by Crippen LogP contribution is 2.50. The molecule has 6 nitrogen and oxygen atoms in total. The van der Waals surface area contributed by atoms with E-state index in [0.29, 0.717) is 0 Å². The van der Waals surface area contributed by atoms with Crippen LogP contribution in [0.1, 0.15) is 31.9 Å². The topological polar surface area (TPSA) is 51.2 Å². The summed E-state index contributed by atoms with van der Waals surface area (Å²) in [6, 6.07) is 63.8. The van der Waals surface area contributed by atoms with Gasteiger partial charge in [0.05, 0.1) is 5.69 Å². The molecule has 0 fully saturated rings. The van der Waals surface area contributed by atoms with Crippen LogP contribution < -0.4 is 35.7 Å². The van der Waals surface area contributed by atoms with Crippen molar-refractivity contribution in [2.45, 2.75) is 33.1 Å². The van der Waals surface area contributed by atoms with Crippen LogP contribution in [-0.2, 0) is 5.41 Å². The molecule has 0 aliphatic carbocycles. The average Bonchev–Trinajstić information content (AvgIpc) is 4.09. The summed E-state index contributed by atoms with van der Waals surface area (Å²) in [6.07, 6.45) is 0. The number of aryl methyl sites for hydroxylation is 1. The van der Waals surface area contributed by atoms with Crippen molar-refractivity contribution in [2.75, 3.05) is 16.6 Å². The zero-order valence-corrected chi connectivity index (χ0v) is 37.6. The molecule has 0 atom stereocenters. The predicted molar refractivity (Wildman–Crippen MR) is 275 cm³/mol. The first-order valence-electron chi connectivity index (χ1n) is 23.1. The number of hydrogen-bond acceptors (Lipinski definition) is 6. The molecule has 5 heterocycles. The summed E-state index contributed by atoms with van der Waals surface area (Å²) in [6.45, 7) is 9.22. The molecule has 67 heavy (non-hydrogen) atoms. The standard InChI is InChI=1S/C60H43BN2O4/c1-35-28-51-58-52(29-35)63(50-12-9-15-55-59(50)65-34-64-55)49-27-21-40(60(2,3)4)33-47(49)61(58)46-30-37(39-19-25-45-43-11-6-8-14-54(43)67-57(45)32-39)20-26-48(46)62(51)41-22-16-36(17-23-41)38-18-24-44-42-10-5-7-13-53(42)66-56(44)31-38/h5-33H,34H2,1-4H3. The molecule has 2 aromatic heterocycles. The summed E-state index contributed by atoms with van der Waals surface area (Å²) in [5.74, 6) is 1.52. The zero-order chi connectivity index (χ0) is 44.7. The van der Waals surface area contributed by atoms with Gasteiger partial charge in [0.1, 0.15) is 22.3 Å². The van der Waals surface area contributed by atoms with Crippen molar-refractivity contribution in [1.29, 1.82) is 0 Å². The van der Waals surface area contributed by atoms with Crippen molar-refractivity contribution in [3.05, 3.63) is 187 Å². The van der Waals surface area contributed by atoms with Gasteiger partial charge in [-0.1, -0.05) is 112 Å². The number of anilines is 6. The van der Waals surface area contributed by atoms with Gasteiger partial charge in [-0.15, -0.1) is 0 Å². The number of rotatable bonds is 4. The van der Waals surface area contributed by atoms with Gasteiger partial charge in [-0.05, 0) is 147 Å². The summed E-state index contributed by atoms with van der Waals surface area (Å²) >= 11 is 0. The van der Waals surface area contributed by atoms with Crippen molar-refractivity contribution in [3.8, 4) is 33.8 Å². The van der Waals surface area contributed by atoms with E-state index in [9.17, 15) is 0 Å². The molecule has 0 amide bonds. The van der Waals surface area contributed by atoms with Crippen molar-refractivity contribution >= 4 is 101 Å². The number of ether oxygens (including phenoxy) is 2. The van der Waals surface area contributed by atoms with Crippen LogP contribution in [0.5, 0.6) is 11.5 Å². The molecule has 0 N–H and O–H groups in total. The molecule has 11 aromatic rings. The van der Waals surface area contributed by atoms with Crippen LogP contribution >= 0.6 is 0 Å². The summed E-state index contributed by atoms with van der Waals surface area (Å²) in [5, 5.41) is 4.51. The molecule has 0 radical (unpaired) electrons. The van der Waals surface area contributed by atoms with E-state index in [-0.39, 0.29) is 18.9 Å². The highest BCUT2D eigenvalue weighted by molar-refractivity contribution is 7.00. The molecule has 3 aliphatic rings. The smallest absolute Gasteiger partial charge is 0.252 e. The molecule has 0 saturated carbocycles. The normalized spacial score (nSPS) is 13.8. The molecule has 3 aliphatic heterocycles. The van der Waals surface area contributed by atoms with Crippen molar-refractivity contribution in [1.82, 2.24) is 0 Å². The Hall–Kier alpha value is -8.16. The second-order valence-electron chi connectivity index (χ2n) is 19.3. The molecular formula is C60H43BN2O4. The number of furan rings is 2. The lowest BCUT2D eigenvalue weighted by atomic mass is 9.33. The van der Waals surface area contributed by atoms with Crippen molar-refractivity contribution < 1.29 is 18.3 Å². The quantitative estimate of drug-likeness (QED) is 0.164. The van der Waals surface area contributed by atoms with Gasteiger partial charge in [-0.3, -0.25) is 0 Å². The lowest BCUT2D eigenvalue weighted by Gasteiger charge is -2.45. The molecule has 14 rings (SSSR count). The Balaban J connectivity index is 0.993. The van der Waals surface area contributed by atoms with Gasteiger partial charge in [-0.2, -0.15) is 0 Å². The lowest BCUT2D eigenvalue weighted by molar-refractivity contribution is 0.174. The fourth-order valence-electron chi connectivity index (χ4n) is 11.0. The Morgan fingerprint density at radius 1 is 0.448 bits per heavy atom. The van der Waals surface area contributed by atoms with Gasteiger partial charge < -0.3 is 28.1 Å². The third-order valence-corrected chi connectivity index (χ3v) is 14.2. The second-order valence-corrected chi connectivity index (χ2v) is 19.3. The Labute approximate surface area is 388 Å². The van der Waals surface area contributed by atoms with Gasteiger partial charge in [0.2, 0.25) is 6.79 Å². The highest BCUT2D eigenvalue weighted by Gasteiger charge is 2.45. The van der Waals surface area contributed by atoms with Gasteiger partial charge in [-0.25, -0.2) is 0 Å². The Kier molecular flexibility index (Phi) is 7.93. The summed E-state index contributed by atoms with van der Waals surface area (Å²) in [7, 11) is 0. The SMILES string of the molecule is Cc1cc2c3c(c1)N(c1cccc4c1OCO4)c1ccc(C(C)(C)C)cc1B3c1cc(-c3ccc4c(c3)oc3ccccc34)ccc1N2c1ccc(-c2ccc3c(c2)oc2ccccc23)cc1. The monoisotopic (exact) mass is 866 g/mol. The zero-order valence-electron chi connectivity index (χ0n) is 37.6. The molecule has 0 saturated heterocycles. The molecule has 320 valence electrons. The first-order chi connectivity index (χ1) is 32.7. The first-order valence-corrected chi connectivity index (χ1v) is 23.1. The van der Waals surface area contributed by atoms with E-state index in [1.165, 1.54) is 22.0 Å². The van der Waals surface area contributed by atoms with Crippen LogP contribution in [0.2, 0.25) is 0 Å². The van der Waals surface area contributed by atoms with Gasteiger partial charge in [0, 0.05) is 50.0 Å². The first kappa shape index (κ1) is 38.1. The highest BCUT2D eigenvalue weighted by atomic mass is 16.7. The van der Waals surface area contributed by atoms with Crippen LogP contribution in [0.25, 0.3) is 66.1 Å². The Bertz CT molecular complexity index is 3880. The molecule has 0 bridgehead atoms. The summed E-state index contributed by atoms with van der Waals surface area (Å²) < 4.78 is 25.0. The molecule has 7 heteroatoms. The van der Waals surface area contributed by atoms with Crippen LogP contribution in [0.4, 0.5) is 34.1 Å². The van der Waals surface area contributed by atoms with Crippen LogP contribution in [0.3, 0.4) is 0 Å². The van der Waals surface area contributed by atoms with Crippen molar-refractivity contribution in [2.24, 2.45) is 0 Å². The van der Waals surface area contributed by atoms with E-state index in [1.54, 1.807) is 0 Å². The minimum absolute atomic E-state index is 0.0781. The second kappa shape index (κ2) is 13.9. The molecular weight excluding hydrogens is 823 g/mol. The van der Waals surface area contributed by atoms with E-state index in [2.05, 4.69) is 183 Å². The molecule has 9 aromatic carbocycles. The predicted octanol–water partition coefficient (Wildman–Crippen LogP) is 14.2. The van der Waals surface area contributed by atoms with E-state index >= 15 is 0 Å². The molecule has 0 unspecified atom stereocenters. The van der Waals surface area contributed by atoms with Crippen LogP contribution in [0, 0.1) is 6.92 Å². The number of para-hydroxylation sites is 3. The van der Waals surface area contributed by atoms with Gasteiger partial charge >= 0.3 is 0 Å². The maximum atomic E-state index is 6.44. The minimum atomic E-state index is -0.0796. The fraction of sp³-hybridized carbons (Fsp3) is 0.100. The van der Waals surface area contributed by atoms with E-state index in [0.717, 1.165) is 117 Å². The number of hydrogen-bond donors (Lipinski definition) is 0. The number of benzene rings is 9. The Morgan fingerprint density at radius 2 is 1.01 bits per heavy atom. The van der Waals surface area contributed by atoms with Gasteiger partial charge in [0.15, 0.2) is 11.5 Å². The fourth-order valence-corrected chi connectivity index (χ4v) is 11.0. The number of nitrogens with zero attached hydrogens (tertiary/aromatic N) is 2. The third kappa shape index (κ3) is 5.70. The maximum Gasteiger partial charge on any atom is 0.252 e.